The molecule has 0 aliphatic carbocycles. The molecule has 2 nitrogen and oxygen atoms in total. The second-order valence-electron chi connectivity index (χ2n) is 2.23. The summed E-state index contributed by atoms with van der Waals surface area (Å²) >= 11 is 1.68. The molecule has 1 aliphatic heterocycles. The third kappa shape index (κ3) is 0.827. The quantitative estimate of drug-likeness (QED) is 0.561. The molecule has 0 unspecified atom stereocenters. The van der Waals surface area contributed by atoms with Gasteiger partial charge in [0.05, 0.1) is 22.6 Å². The van der Waals surface area contributed by atoms with Crippen LogP contribution in [0.5, 0.6) is 0 Å². The van der Waals surface area contributed by atoms with Crippen LogP contribution < -0.4 is 0 Å². The number of hydrogen-bond acceptors (Lipinski definition) is 3. The minimum atomic E-state index is 0.843. The highest BCUT2D eigenvalue weighted by molar-refractivity contribution is 7.10. The lowest BCUT2D eigenvalue weighted by Crippen LogP contribution is -2.11. The molecule has 0 N–H and O–H groups in total. The summed E-state index contributed by atoms with van der Waals surface area (Å²) < 4.78 is 0. The maximum atomic E-state index is 4.19. The van der Waals surface area contributed by atoms with Gasteiger partial charge in [-0.05, 0) is 6.08 Å². The molecule has 2 heterocycles. The van der Waals surface area contributed by atoms with Crippen molar-refractivity contribution in [3.8, 4) is 0 Å². The van der Waals surface area contributed by atoms with E-state index in [2.05, 4.69) is 12.0 Å². The SMILES string of the molecule is [CH2]N1C=Cc2scnc2C1. The van der Waals surface area contributed by atoms with E-state index in [9.17, 15) is 0 Å². The molecule has 1 aromatic rings. The van der Waals surface area contributed by atoms with Gasteiger partial charge in [0.1, 0.15) is 0 Å². The van der Waals surface area contributed by atoms with Crippen molar-refractivity contribution in [2.75, 3.05) is 0 Å². The second kappa shape index (κ2) is 2.09. The first-order valence-electron chi connectivity index (χ1n) is 3.04. The molecule has 0 saturated heterocycles. The lowest BCUT2D eigenvalue weighted by molar-refractivity contribution is 0.485. The highest BCUT2D eigenvalue weighted by Gasteiger charge is 2.08. The van der Waals surface area contributed by atoms with Crippen LogP contribution in [-0.2, 0) is 6.54 Å². The predicted octanol–water partition coefficient (Wildman–Crippen LogP) is 1.72. The normalized spacial score (nSPS) is 15.5. The summed E-state index contributed by atoms with van der Waals surface area (Å²) in [7, 11) is 3.79. The van der Waals surface area contributed by atoms with Gasteiger partial charge in [0.2, 0.25) is 0 Å². The summed E-state index contributed by atoms with van der Waals surface area (Å²) in [5, 5.41) is 0. The lowest BCUT2D eigenvalue weighted by atomic mass is 10.3. The first-order chi connectivity index (χ1) is 4.86. The standard InChI is InChI=1S/C7H7N2S/c1-9-3-2-7-6(4-9)8-5-10-7/h2-3,5H,1,4H2. The van der Waals surface area contributed by atoms with Crippen LogP contribution in [0.15, 0.2) is 11.7 Å². The van der Waals surface area contributed by atoms with E-state index in [1.54, 1.807) is 11.3 Å². The van der Waals surface area contributed by atoms with Crippen LogP contribution in [0.25, 0.3) is 6.08 Å². The summed E-state index contributed by atoms with van der Waals surface area (Å²) in [6.07, 6.45) is 4.02. The van der Waals surface area contributed by atoms with E-state index in [1.807, 2.05) is 22.7 Å². The van der Waals surface area contributed by atoms with Crippen molar-refractivity contribution in [1.29, 1.82) is 0 Å². The Morgan fingerprint density at radius 1 is 1.70 bits per heavy atom. The number of hydrogen-bond donors (Lipinski definition) is 0. The van der Waals surface area contributed by atoms with Crippen molar-refractivity contribution >= 4 is 17.4 Å². The van der Waals surface area contributed by atoms with Crippen LogP contribution in [0.3, 0.4) is 0 Å². The largest absolute Gasteiger partial charge is 0.370 e. The first-order valence-corrected chi connectivity index (χ1v) is 3.92. The number of thiazole rings is 1. The Balaban J connectivity index is 2.43. The predicted molar refractivity (Wildman–Crippen MR) is 42.0 cm³/mol. The van der Waals surface area contributed by atoms with Crippen LogP contribution in [0, 0.1) is 7.05 Å². The topological polar surface area (TPSA) is 16.1 Å². The van der Waals surface area contributed by atoms with Gasteiger partial charge in [0, 0.05) is 13.2 Å². The van der Waals surface area contributed by atoms with Crippen LogP contribution >= 0.6 is 11.3 Å². The van der Waals surface area contributed by atoms with E-state index in [0.29, 0.717) is 0 Å². The maximum absolute atomic E-state index is 4.19. The van der Waals surface area contributed by atoms with Crippen molar-refractivity contribution in [1.82, 2.24) is 9.88 Å². The third-order valence-corrected chi connectivity index (χ3v) is 2.30. The molecule has 3 heteroatoms. The average molecular weight is 151 g/mol. The molecular weight excluding hydrogens is 144 g/mol. The van der Waals surface area contributed by atoms with E-state index in [-0.39, 0.29) is 0 Å². The molecular formula is C7H7N2S. The van der Waals surface area contributed by atoms with E-state index >= 15 is 0 Å². The van der Waals surface area contributed by atoms with Crippen LogP contribution in [-0.4, -0.2) is 9.88 Å². The molecule has 2 rings (SSSR count). The average Bonchev–Trinajstić information content (AvgIpc) is 2.33. The molecule has 0 aromatic carbocycles. The van der Waals surface area contributed by atoms with E-state index in [1.165, 1.54) is 4.88 Å². The first kappa shape index (κ1) is 5.92. The van der Waals surface area contributed by atoms with E-state index in [0.717, 1.165) is 12.2 Å². The van der Waals surface area contributed by atoms with Crippen molar-refractivity contribution in [3.05, 3.63) is 29.3 Å². The lowest BCUT2D eigenvalue weighted by Gasteiger charge is -2.15. The smallest absolute Gasteiger partial charge is 0.0802 e. The van der Waals surface area contributed by atoms with Gasteiger partial charge in [-0.2, -0.15) is 0 Å². The second-order valence-corrected chi connectivity index (χ2v) is 3.11. The number of fused-ring (bicyclic) bond motifs is 1. The van der Waals surface area contributed by atoms with Crippen LogP contribution in [0.1, 0.15) is 10.6 Å². The van der Waals surface area contributed by atoms with Crippen molar-refractivity contribution in [2.45, 2.75) is 6.54 Å². The Morgan fingerprint density at radius 2 is 2.60 bits per heavy atom. The zero-order valence-electron chi connectivity index (χ0n) is 5.45. The fourth-order valence-electron chi connectivity index (χ4n) is 0.951. The van der Waals surface area contributed by atoms with E-state index < -0.39 is 0 Å². The molecule has 0 saturated carbocycles. The molecule has 10 heavy (non-hydrogen) atoms. The molecule has 0 spiro atoms. The van der Waals surface area contributed by atoms with Gasteiger partial charge in [0.15, 0.2) is 0 Å². The summed E-state index contributed by atoms with van der Waals surface area (Å²) in [5.74, 6) is 0. The van der Waals surface area contributed by atoms with Crippen molar-refractivity contribution in [2.24, 2.45) is 0 Å². The fourth-order valence-corrected chi connectivity index (χ4v) is 1.64. The Hall–Kier alpha value is -0.830. The van der Waals surface area contributed by atoms with Gasteiger partial charge in [-0.3, -0.25) is 0 Å². The zero-order valence-corrected chi connectivity index (χ0v) is 6.27. The van der Waals surface area contributed by atoms with Crippen LogP contribution in [0.2, 0.25) is 0 Å². The van der Waals surface area contributed by atoms with Crippen molar-refractivity contribution in [3.63, 3.8) is 0 Å². The van der Waals surface area contributed by atoms with E-state index in [4.69, 9.17) is 0 Å². The summed E-state index contributed by atoms with van der Waals surface area (Å²) in [6.45, 7) is 0.843. The molecule has 0 bridgehead atoms. The van der Waals surface area contributed by atoms with Gasteiger partial charge >= 0.3 is 0 Å². The summed E-state index contributed by atoms with van der Waals surface area (Å²) in [6, 6.07) is 0. The van der Waals surface area contributed by atoms with Gasteiger partial charge in [-0.25, -0.2) is 4.98 Å². The highest BCUT2D eigenvalue weighted by Crippen LogP contribution is 2.20. The minimum absolute atomic E-state index is 0.843. The summed E-state index contributed by atoms with van der Waals surface area (Å²) in [5.41, 5.74) is 3.01. The monoisotopic (exact) mass is 151 g/mol. The third-order valence-electron chi connectivity index (χ3n) is 1.46. The number of rotatable bonds is 0. The van der Waals surface area contributed by atoms with Crippen LogP contribution in [0.4, 0.5) is 0 Å². The Labute approximate surface area is 63.8 Å². The molecule has 0 amide bonds. The zero-order chi connectivity index (χ0) is 6.97. The van der Waals surface area contributed by atoms with Gasteiger partial charge in [0.25, 0.3) is 0 Å². The van der Waals surface area contributed by atoms with Gasteiger partial charge in [-0.15, -0.1) is 11.3 Å². The molecule has 51 valence electrons. The Morgan fingerprint density at radius 3 is 3.50 bits per heavy atom. The Kier molecular flexibility index (Phi) is 1.24. The molecule has 0 atom stereocenters. The highest BCUT2D eigenvalue weighted by atomic mass is 32.1. The molecule has 1 aromatic heterocycles. The summed E-state index contributed by atoms with van der Waals surface area (Å²) in [4.78, 5) is 7.33. The molecule has 1 radical (unpaired) electrons. The fraction of sp³-hybridized carbons (Fsp3) is 0.143. The minimum Gasteiger partial charge on any atom is -0.370 e. The van der Waals surface area contributed by atoms with Crippen molar-refractivity contribution < 1.29 is 0 Å². The molecule has 0 fully saturated rings. The van der Waals surface area contributed by atoms with Gasteiger partial charge < -0.3 is 4.90 Å². The molecule has 1 aliphatic rings. The Bertz CT molecular complexity index is 264. The maximum Gasteiger partial charge on any atom is 0.0802 e. The number of aromatic nitrogens is 1. The van der Waals surface area contributed by atoms with Gasteiger partial charge in [-0.1, -0.05) is 0 Å². The number of nitrogens with zero attached hydrogens (tertiary/aromatic N) is 2.